The van der Waals surface area contributed by atoms with E-state index in [1.54, 1.807) is 42.0 Å². The van der Waals surface area contributed by atoms with Crippen LogP contribution in [0.25, 0.3) is 0 Å². The first kappa shape index (κ1) is 26.4. The molecule has 39 heavy (non-hydrogen) atoms. The number of methoxy groups -OCH3 is 2. The van der Waals surface area contributed by atoms with Crippen molar-refractivity contribution >= 4 is 23.6 Å². The van der Waals surface area contributed by atoms with Crippen LogP contribution >= 0.6 is 11.8 Å². The predicted molar refractivity (Wildman–Crippen MR) is 154 cm³/mol. The summed E-state index contributed by atoms with van der Waals surface area (Å²) in [5, 5.41) is 2.94. The first-order valence-electron chi connectivity index (χ1n) is 12.7. The fourth-order valence-corrected chi connectivity index (χ4v) is 6.27. The van der Waals surface area contributed by atoms with Gasteiger partial charge in [0.25, 0.3) is 5.91 Å². The maximum absolute atomic E-state index is 14.1. The number of ether oxygens (including phenoxy) is 2. The third-order valence-corrected chi connectivity index (χ3v) is 8.13. The van der Waals surface area contributed by atoms with E-state index in [9.17, 15) is 9.59 Å². The number of nitrogens with one attached hydrogen (secondary N) is 1. The van der Waals surface area contributed by atoms with Crippen molar-refractivity contribution in [3.05, 3.63) is 131 Å². The zero-order chi connectivity index (χ0) is 27.2. The highest BCUT2D eigenvalue weighted by molar-refractivity contribution is 7.99. The molecule has 1 saturated heterocycles. The lowest BCUT2D eigenvalue weighted by atomic mass is 9.98. The van der Waals surface area contributed by atoms with Crippen molar-refractivity contribution < 1.29 is 19.1 Å². The third kappa shape index (κ3) is 5.64. The molecule has 2 atom stereocenters. The van der Waals surface area contributed by atoms with Crippen molar-refractivity contribution in [2.24, 2.45) is 0 Å². The number of carbonyl (C=O) groups excluding carboxylic acids is 2. The van der Waals surface area contributed by atoms with Crippen LogP contribution in [0.1, 0.15) is 38.5 Å². The van der Waals surface area contributed by atoms with Gasteiger partial charge < -0.3 is 19.7 Å². The van der Waals surface area contributed by atoms with E-state index in [0.717, 1.165) is 16.7 Å². The van der Waals surface area contributed by atoms with Gasteiger partial charge in [0.15, 0.2) is 11.5 Å². The van der Waals surface area contributed by atoms with Crippen molar-refractivity contribution in [2.45, 2.75) is 17.5 Å². The van der Waals surface area contributed by atoms with E-state index >= 15 is 0 Å². The summed E-state index contributed by atoms with van der Waals surface area (Å²) in [5.74, 6) is 1.02. The molecule has 0 aliphatic carbocycles. The topological polar surface area (TPSA) is 67.9 Å². The number of benzene rings is 4. The highest BCUT2D eigenvalue weighted by Gasteiger charge is 2.43. The van der Waals surface area contributed by atoms with Crippen LogP contribution in [0.3, 0.4) is 0 Å². The summed E-state index contributed by atoms with van der Waals surface area (Å²) >= 11 is 1.59. The lowest BCUT2D eigenvalue weighted by Crippen LogP contribution is -2.48. The molecule has 0 radical (unpaired) electrons. The van der Waals surface area contributed by atoms with E-state index in [1.165, 1.54) is 7.11 Å². The SMILES string of the molecule is COc1ccc(C(=O)N2C(C(=O)NC(c3ccccc3)c3ccccc3)CSC2c2ccccc2)cc1OC. The second kappa shape index (κ2) is 12.1. The highest BCUT2D eigenvalue weighted by atomic mass is 32.2. The number of nitrogens with zero attached hydrogens (tertiary/aromatic N) is 1. The fourth-order valence-electron chi connectivity index (χ4n) is 4.84. The van der Waals surface area contributed by atoms with Gasteiger partial charge in [-0.2, -0.15) is 0 Å². The number of hydrogen-bond donors (Lipinski definition) is 1. The lowest BCUT2D eigenvalue weighted by Gasteiger charge is -2.31. The molecule has 4 aromatic carbocycles. The Morgan fingerprint density at radius 2 is 1.36 bits per heavy atom. The minimum atomic E-state index is -0.671. The Morgan fingerprint density at radius 3 is 1.92 bits per heavy atom. The molecule has 198 valence electrons. The first-order chi connectivity index (χ1) is 19.1. The van der Waals surface area contributed by atoms with Crippen LogP contribution in [-0.4, -0.2) is 42.7 Å². The molecular formula is C32H30N2O4S. The molecule has 0 saturated carbocycles. The van der Waals surface area contributed by atoms with Gasteiger partial charge in [0.2, 0.25) is 5.91 Å². The van der Waals surface area contributed by atoms with Crippen molar-refractivity contribution in [3.8, 4) is 11.5 Å². The van der Waals surface area contributed by atoms with Gasteiger partial charge in [0.1, 0.15) is 11.4 Å². The van der Waals surface area contributed by atoms with Crippen LogP contribution in [0, 0.1) is 0 Å². The Balaban J connectivity index is 1.50. The second-order valence-electron chi connectivity index (χ2n) is 9.16. The van der Waals surface area contributed by atoms with Crippen molar-refractivity contribution in [1.82, 2.24) is 10.2 Å². The Bertz CT molecular complexity index is 1380. The second-order valence-corrected chi connectivity index (χ2v) is 10.3. The van der Waals surface area contributed by atoms with E-state index < -0.39 is 6.04 Å². The van der Waals surface area contributed by atoms with Crippen LogP contribution in [0.5, 0.6) is 11.5 Å². The molecule has 2 unspecified atom stereocenters. The van der Waals surface area contributed by atoms with Crippen molar-refractivity contribution in [3.63, 3.8) is 0 Å². The van der Waals surface area contributed by atoms with Gasteiger partial charge in [-0.3, -0.25) is 9.59 Å². The molecule has 0 aromatic heterocycles. The molecule has 1 aliphatic heterocycles. The molecule has 1 aliphatic rings. The minimum Gasteiger partial charge on any atom is -0.493 e. The van der Waals surface area contributed by atoms with Crippen LogP contribution < -0.4 is 14.8 Å². The van der Waals surface area contributed by atoms with Crippen LogP contribution in [0.4, 0.5) is 0 Å². The quantitative estimate of drug-likeness (QED) is 0.304. The molecule has 0 spiro atoms. The smallest absolute Gasteiger partial charge is 0.255 e. The summed E-state index contributed by atoms with van der Waals surface area (Å²) in [7, 11) is 3.09. The lowest BCUT2D eigenvalue weighted by molar-refractivity contribution is -0.125. The number of hydrogen-bond acceptors (Lipinski definition) is 5. The van der Waals surface area contributed by atoms with Gasteiger partial charge in [0, 0.05) is 11.3 Å². The van der Waals surface area contributed by atoms with Gasteiger partial charge >= 0.3 is 0 Å². The summed E-state index contributed by atoms with van der Waals surface area (Å²) in [6.45, 7) is 0. The summed E-state index contributed by atoms with van der Waals surface area (Å²) in [4.78, 5) is 29.8. The Hall–Kier alpha value is -4.23. The van der Waals surface area contributed by atoms with Gasteiger partial charge in [-0.25, -0.2) is 0 Å². The van der Waals surface area contributed by atoms with Gasteiger partial charge in [-0.05, 0) is 34.9 Å². The molecule has 7 heteroatoms. The van der Waals surface area contributed by atoms with E-state index in [0.29, 0.717) is 22.8 Å². The number of rotatable bonds is 8. The monoisotopic (exact) mass is 538 g/mol. The fraction of sp³-hybridized carbons (Fsp3) is 0.188. The molecule has 1 heterocycles. The van der Waals surface area contributed by atoms with Crippen LogP contribution in [0.2, 0.25) is 0 Å². The molecule has 6 nitrogen and oxygen atoms in total. The van der Waals surface area contributed by atoms with Crippen molar-refractivity contribution in [2.75, 3.05) is 20.0 Å². The average Bonchev–Trinajstić information content (AvgIpc) is 3.46. The maximum atomic E-state index is 14.1. The molecule has 2 amide bonds. The summed E-state index contributed by atoms with van der Waals surface area (Å²) < 4.78 is 10.8. The third-order valence-electron chi connectivity index (χ3n) is 6.81. The number of amides is 2. The maximum Gasteiger partial charge on any atom is 0.255 e. The molecule has 1 N–H and O–H groups in total. The number of carbonyl (C=O) groups is 2. The summed E-state index contributed by atoms with van der Waals surface area (Å²) in [5.41, 5.74) is 3.34. The molecule has 0 bridgehead atoms. The average molecular weight is 539 g/mol. The van der Waals surface area contributed by atoms with E-state index in [-0.39, 0.29) is 23.2 Å². The Morgan fingerprint density at radius 1 is 0.795 bits per heavy atom. The Labute approximate surface area is 232 Å². The zero-order valence-corrected chi connectivity index (χ0v) is 22.6. The summed E-state index contributed by atoms with van der Waals surface area (Å²) in [6.07, 6.45) is 0. The highest BCUT2D eigenvalue weighted by Crippen LogP contribution is 2.43. The zero-order valence-electron chi connectivity index (χ0n) is 21.8. The van der Waals surface area contributed by atoms with Gasteiger partial charge in [-0.1, -0.05) is 91.0 Å². The molecule has 5 rings (SSSR count). The first-order valence-corrected chi connectivity index (χ1v) is 13.8. The standard InChI is InChI=1S/C32H30N2O4S/c1-37-27-19-18-25(20-28(27)38-2)31(36)34-26(21-39-32(34)24-16-10-5-11-17-24)30(35)33-29(22-12-6-3-7-13-22)23-14-8-4-9-15-23/h3-20,26,29,32H,21H2,1-2H3,(H,33,35). The largest absolute Gasteiger partial charge is 0.493 e. The normalized spacial score (nSPS) is 16.6. The van der Waals surface area contributed by atoms with Gasteiger partial charge in [0.05, 0.1) is 20.3 Å². The van der Waals surface area contributed by atoms with E-state index in [1.807, 2.05) is 91.0 Å². The summed E-state index contributed by atoms with van der Waals surface area (Å²) in [6, 6.07) is 33.6. The molecule has 1 fully saturated rings. The Kier molecular flexibility index (Phi) is 8.18. The van der Waals surface area contributed by atoms with E-state index in [2.05, 4.69) is 5.32 Å². The van der Waals surface area contributed by atoms with Crippen molar-refractivity contribution in [1.29, 1.82) is 0 Å². The minimum absolute atomic E-state index is 0.201. The predicted octanol–water partition coefficient (Wildman–Crippen LogP) is 5.87. The number of thioether (sulfide) groups is 1. The van der Waals surface area contributed by atoms with E-state index in [4.69, 9.17) is 9.47 Å². The van der Waals surface area contributed by atoms with Crippen LogP contribution in [-0.2, 0) is 4.79 Å². The molecular weight excluding hydrogens is 508 g/mol. The van der Waals surface area contributed by atoms with Gasteiger partial charge in [-0.15, -0.1) is 11.8 Å². The molecule has 4 aromatic rings. The van der Waals surface area contributed by atoms with Crippen LogP contribution in [0.15, 0.2) is 109 Å².